The van der Waals surface area contributed by atoms with E-state index >= 15 is 0 Å². The number of ether oxygens (including phenoxy) is 1. The average Bonchev–Trinajstić information content (AvgIpc) is 2.29. The van der Waals surface area contributed by atoms with E-state index in [1.54, 1.807) is 19.2 Å². The van der Waals surface area contributed by atoms with Crippen LogP contribution in [0.2, 0.25) is 0 Å². The molecule has 0 saturated heterocycles. The predicted octanol–water partition coefficient (Wildman–Crippen LogP) is 2.82. The normalized spacial score (nSPS) is 25.4. The Kier molecular flexibility index (Phi) is 3.44. The van der Waals surface area contributed by atoms with Gasteiger partial charge in [-0.25, -0.2) is 4.39 Å². The predicted molar refractivity (Wildman–Crippen MR) is 62.1 cm³/mol. The average molecular weight is 223 g/mol. The van der Waals surface area contributed by atoms with Crippen LogP contribution in [0.5, 0.6) is 5.75 Å². The summed E-state index contributed by atoms with van der Waals surface area (Å²) in [5.74, 6) is 0.775. The summed E-state index contributed by atoms with van der Waals surface area (Å²) in [6.45, 7) is 0. The van der Waals surface area contributed by atoms with Gasteiger partial charge in [0.2, 0.25) is 0 Å². The van der Waals surface area contributed by atoms with Gasteiger partial charge in [0.05, 0.1) is 7.11 Å². The monoisotopic (exact) mass is 223 g/mol. The highest BCUT2D eigenvalue weighted by atomic mass is 19.1. The zero-order chi connectivity index (χ0) is 11.5. The Labute approximate surface area is 95.6 Å². The van der Waals surface area contributed by atoms with Gasteiger partial charge in [0.1, 0.15) is 11.6 Å². The fourth-order valence-corrected chi connectivity index (χ4v) is 2.54. The van der Waals surface area contributed by atoms with Crippen LogP contribution < -0.4 is 10.5 Å². The van der Waals surface area contributed by atoms with E-state index in [0.717, 1.165) is 30.6 Å². The van der Waals surface area contributed by atoms with Crippen LogP contribution >= 0.6 is 0 Å². The van der Waals surface area contributed by atoms with E-state index < -0.39 is 0 Å². The second-order valence-electron chi connectivity index (χ2n) is 4.44. The molecule has 0 aliphatic heterocycles. The third kappa shape index (κ3) is 2.19. The minimum absolute atomic E-state index is 0.129. The second-order valence-corrected chi connectivity index (χ2v) is 4.44. The lowest BCUT2D eigenvalue weighted by molar-refractivity contribution is 0.359. The Morgan fingerprint density at radius 1 is 1.31 bits per heavy atom. The van der Waals surface area contributed by atoms with E-state index in [1.807, 2.05) is 0 Å². The SMILES string of the molecule is COc1ccc(F)cc1C1CCCCC1N. The van der Waals surface area contributed by atoms with Crippen molar-refractivity contribution in [2.75, 3.05) is 7.11 Å². The fraction of sp³-hybridized carbons (Fsp3) is 0.538. The maximum atomic E-state index is 13.3. The molecule has 0 bridgehead atoms. The van der Waals surface area contributed by atoms with E-state index in [9.17, 15) is 4.39 Å². The molecule has 1 aromatic rings. The van der Waals surface area contributed by atoms with Gasteiger partial charge in [0.25, 0.3) is 0 Å². The van der Waals surface area contributed by atoms with Crippen molar-refractivity contribution in [3.63, 3.8) is 0 Å². The molecule has 1 aliphatic carbocycles. The molecule has 2 atom stereocenters. The van der Waals surface area contributed by atoms with E-state index in [-0.39, 0.29) is 17.8 Å². The van der Waals surface area contributed by atoms with Crippen LogP contribution in [0.1, 0.15) is 37.2 Å². The van der Waals surface area contributed by atoms with Crippen LogP contribution in [0.3, 0.4) is 0 Å². The molecule has 2 rings (SSSR count). The fourth-order valence-electron chi connectivity index (χ4n) is 2.54. The smallest absolute Gasteiger partial charge is 0.123 e. The molecule has 88 valence electrons. The Bertz CT molecular complexity index is 367. The van der Waals surface area contributed by atoms with Gasteiger partial charge in [-0.15, -0.1) is 0 Å². The van der Waals surface area contributed by atoms with Crippen molar-refractivity contribution in [3.05, 3.63) is 29.6 Å². The maximum Gasteiger partial charge on any atom is 0.123 e. The highest BCUT2D eigenvalue weighted by Crippen LogP contribution is 2.37. The first-order chi connectivity index (χ1) is 7.72. The molecule has 16 heavy (non-hydrogen) atoms. The van der Waals surface area contributed by atoms with Crippen molar-refractivity contribution in [2.45, 2.75) is 37.6 Å². The van der Waals surface area contributed by atoms with Gasteiger partial charge in [-0.05, 0) is 31.0 Å². The molecule has 1 aromatic carbocycles. The molecule has 0 radical (unpaired) electrons. The van der Waals surface area contributed by atoms with Crippen molar-refractivity contribution in [3.8, 4) is 5.75 Å². The molecule has 0 heterocycles. The number of benzene rings is 1. The van der Waals surface area contributed by atoms with Crippen molar-refractivity contribution >= 4 is 0 Å². The van der Waals surface area contributed by atoms with E-state index in [4.69, 9.17) is 10.5 Å². The molecule has 1 aliphatic rings. The van der Waals surface area contributed by atoms with Crippen LogP contribution in [-0.4, -0.2) is 13.2 Å². The Morgan fingerprint density at radius 2 is 2.06 bits per heavy atom. The topological polar surface area (TPSA) is 35.2 Å². The number of rotatable bonds is 2. The van der Waals surface area contributed by atoms with Crippen LogP contribution in [0.25, 0.3) is 0 Å². The number of hydrogen-bond acceptors (Lipinski definition) is 2. The first-order valence-corrected chi connectivity index (χ1v) is 5.81. The molecule has 2 nitrogen and oxygen atoms in total. The lowest BCUT2D eigenvalue weighted by Gasteiger charge is -2.29. The number of nitrogens with two attached hydrogens (primary N) is 1. The summed E-state index contributed by atoms with van der Waals surface area (Å²) in [6.07, 6.45) is 4.39. The largest absolute Gasteiger partial charge is 0.496 e. The lowest BCUT2D eigenvalue weighted by Crippen LogP contribution is -2.31. The van der Waals surface area contributed by atoms with Crippen molar-refractivity contribution in [2.24, 2.45) is 5.73 Å². The third-order valence-corrected chi connectivity index (χ3v) is 3.41. The summed E-state index contributed by atoms with van der Waals surface area (Å²) in [7, 11) is 1.62. The van der Waals surface area contributed by atoms with Crippen molar-refractivity contribution in [1.82, 2.24) is 0 Å². The van der Waals surface area contributed by atoms with Gasteiger partial charge >= 0.3 is 0 Å². The van der Waals surface area contributed by atoms with Crippen molar-refractivity contribution < 1.29 is 9.13 Å². The molecule has 2 unspecified atom stereocenters. The Morgan fingerprint density at radius 3 is 2.75 bits per heavy atom. The highest BCUT2D eigenvalue weighted by molar-refractivity contribution is 5.38. The zero-order valence-electron chi connectivity index (χ0n) is 9.58. The van der Waals surface area contributed by atoms with Crippen LogP contribution in [0, 0.1) is 5.82 Å². The quantitative estimate of drug-likeness (QED) is 0.836. The number of hydrogen-bond donors (Lipinski definition) is 1. The van der Waals surface area contributed by atoms with Gasteiger partial charge in [-0.3, -0.25) is 0 Å². The summed E-state index contributed by atoms with van der Waals surface area (Å²) in [5.41, 5.74) is 7.03. The lowest BCUT2D eigenvalue weighted by atomic mass is 9.80. The van der Waals surface area contributed by atoms with E-state index in [1.165, 1.54) is 12.5 Å². The van der Waals surface area contributed by atoms with Gasteiger partial charge in [-0.1, -0.05) is 12.8 Å². The summed E-state index contributed by atoms with van der Waals surface area (Å²) in [4.78, 5) is 0. The summed E-state index contributed by atoms with van der Waals surface area (Å²) in [5, 5.41) is 0. The van der Waals surface area contributed by atoms with Gasteiger partial charge in [0.15, 0.2) is 0 Å². The van der Waals surface area contributed by atoms with Gasteiger partial charge in [0, 0.05) is 17.5 Å². The van der Waals surface area contributed by atoms with E-state index in [0.29, 0.717) is 0 Å². The first kappa shape index (κ1) is 11.4. The van der Waals surface area contributed by atoms with Crippen molar-refractivity contribution in [1.29, 1.82) is 0 Å². The summed E-state index contributed by atoms with van der Waals surface area (Å²) in [6, 6.07) is 4.81. The van der Waals surface area contributed by atoms with Crippen LogP contribution in [-0.2, 0) is 0 Å². The van der Waals surface area contributed by atoms with Crippen LogP contribution in [0.4, 0.5) is 4.39 Å². The number of halogens is 1. The Balaban J connectivity index is 2.33. The standard InChI is InChI=1S/C13H18FNO/c1-16-13-7-6-9(14)8-11(13)10-4-2-3-5-12(10)15/h6-8,10,12H,2-5,15H2,1H3. The molecule has 2 N–H and O–H groups in total. The first-order valence-electron chi connectivity index (χ1n) is 5.81. The van der Waals surface area contributed by atoms with E-state index in [2.05, 4.69) is 0 Å². The molecule has 1 fully saturated rings. The van der Waals surface area contributed by atoms with Gasteiger partial charge < -0.3 is 10.5 Å². The summed E-state index contributed by atoms with van der Waals surface area (Å²) < 4.78 is 18.5. The Hall–Kier alpha value is -1.09. The number of methoxy groups -OCH3 is 1. The molecular weight excluding hydrogens is 205 g/mol. The summed E-state index contributed by atoms with van der Waals surface area (Å²) >= 11 is 0. The minimum atomic E-state index is -0.214. The van der Waals surface area contributed by atoms with Gasteiger partial charge in [-0.2, -0.15) is 0 Å². The molecule has 0 amide bonds. The minimum Gasteiger partial charge on any atom is -0.496 e. The molecular formula is C13H18FNO. The zero-order valence-corrected chi connectivity index (χ0v) is 9.58. The highest BCUT2D eigenvalue weighted by Gasteiger charge is 2.26. The molecule has 0 aromatic heterocycles. The molecule has 3 heteroatoms. The molecule has 0 spiro atoms. The van der Waals surface area contributed by atoms with Crippen LogP contribution in [0.15, 0.2) is 18.2 Å². The second kappa shape index (κ2) is 4.83. The maximum absolute atomic E-state index is 13.3. The molecule has 1 saturated carbocycles. The third-order valence-electron chi connectivity index (χ3n) is 3.41.